The van der Waals surface area contributed by atoms with Crippen molar-refractivity contribution in [3.63, 3.8) is 0 Å². The number of nitrogens with one attached hydrogen (secondary N) is 2. The van der Waals surface area contributed by atoms with Crippen LogP contribution in [0.1, 0.15) is 46.2 Å². The molecule has 0 fully saturated rings. The van der Waals surface area contributed by atoms with Crippen LogP contribution in [0.2, 0.25) is 0 Å². The lowest BCUT2D eigenvalue weighted by Crippen LogP contribution is -2.38. The van der Waals surface area contributed by atoms with Crippen LogP contribution < -0.4 is 10.9 Å². The smallest absolute Gasteiger partial charge is 0.256 e. The van der Waals surface area contributed by atoms with Gasteiger partial charge >= 0.3 is 0 Å². The average molecular weight is 346 g/mol. The number of hydrogen-bond donors (Lipinski definition) is 3. The quantitative estimate of drug-likeness (QED) is 0.719. The summed E-state index contributed by atoms with van der Waals surface area (Å²) in [5.74, 6) is -0.360. The predicted molar refractivity (Wildman–Crippen MR) is 98.2 cm³/mol. The van der Waals surface area contributed by atoms with Gasteiger partial charge in [0.05, 0.1) is 12.3 Å². The lowest BCUT2D eigenvalue weighted by atomic mass is 9.89. The molecule has 1 amide bonds. The van der Waals surface area contributed by atoms with Crippen LogP contribution in [0.5, 0.6) is 0 Å². The molecule has 0 saturated heterocycles. The van der Waals surface area contributed by atoms with E-state index in [1.54, 1.807) is 16.9 Å². The molecule has 2 heterocycles. The average Bonchev–Trinajstić information content (AvgIpc) is 2.92. The molecule has 3 N–H and O–H groups in total. The summed E-state index contributed by atoms with van der Waals surface area (Å²) in [5, 5.41) is 17.6. The first-order chi connectivity index (χ1) is 11.6. The number of aliphatic hydroxyl groups excluding tert-OH is 1. The van der Waals surface area contributed by atoms with Crippen LogP contribution in [0.4, 0.5) is 0 Å². The van der Waals surface area contributed by atoms with E-state index in [1.165, 1.54) is 12.2 Å². The molecule has 2 aromatic heterocycles. The predicted octanol–water partition coefficient (Wildman–Crippen LogP) is 1.84. The van der Waals surface area contributed by atoms with E-state index >= 15 is 0 Å². The molecule has 0 aromatic carbocycles. The van der Waals surface area contributed by atoms with Crippen molar-refractivity contribution in [1.29, 1.82) is 0 Å². The van der Waals surface area contributed by atoms with Crippen molar-refractivity contribution in [3.05, 3.63) is 34.3 Å². The highest BCUT2D eigenvalue weighted by atomic mass is 16.3. The van der Waals surface area contributed by atoms with E-state index in [0.29, 0.717) is 11.2 Å². The first-order valence-corrected chi connectivity index (χ1v) is 8.34. The summed E-state index contributed by atoms with van der Waals surface area (Å²) in [7, 11) is 0. The third-order valence-corrected chi connectivity index (χ3v) is 4.00. The van der Waals surface area contributed by atoms with Crippen LogP contribution in [-0.4, -0.2) is 38.4 Å². The highest BCUT2D eigenvalue weighted by Crippen LogP contribution is 2.18. The third-order valence-electron chi connectivity index (χ3n) is 4.00. The lowest BCUT2D eigenvalue weighted by molar-refractivity contribution is -0.117. The van der Waals surface area contributed by atoms with Crippen LogP contribution in [0.25, 0.3) is 17.1 Å². The minimum Gasteiger partial charge on any atom is -0.391 e. The fourth-order valence-corrected chi connectivity index (χ4v) is 2.27. The minimum atomic E-state index is -0.647. The van der Waals surface area contributed by atoms with Crippen molar-refractivity contribution >= 4 is 23.0 Å². The van der Waals surface area contributed by atoms with E-state index in [9.17, 15) is 14.7 Å². The molecule has 0 radical (unpaired) electrons. The van der Waals surface area contributed by atoms with Crippen molar-refractivity contribution in [2.45, 2.75) is 46.8 Å². The third kappa shape index (κ3) is 4.57. The molecule has 0 bridgehead atoms. The van der Waals surface area contributed by atoms with Gasteiger partial charge < -0.3 is 15.4 Å². The molecule has 1 unspecified atom stereocenters. The molecular weight excluding hydrogens is 320 g/mol. The number of carbonyl (C=O) groups excluding carboxylic acids is 1. The maximum atomic E-state index is 12.2. The van der Waals surface area contributed by atoms with Crippen LogP contribution in [0.3, 0.4) is 0 Å². The number of H-pyrrole nitrogens is 1. The van der Waals surface area contributed by atoms with Gasteiger partial charge in [-0.1, -0.05) is 20.8 Å². The Morgan fingerprint density at radius 3 is 2.72 bits per heavy atom. The highest BCUT2D eigenvalue weighted by molar-refractivity contribution is 5.92. The number of amides is 1. The first-order valence-electron chi connectivity index (χ1n) is 8.34. The molecule has 0 saturated carbocycles. The molecule has 2 rings (SSSR count). The number of nitrogens with zero attached hydrogens (tertiary/aromatic N) is 2. The zero-order valence-electron chi connectivity index (χ0n) is 15.3. The largest absolute Gasteiger partial charge is 0.391 e. The van der Waals surface area contributed by atoms with Gasteiger partial charge in [0.25, 0.3) is 5.56 Å². The first kappa shape index (κ1) is 18.9. The maximum Gasteiger partial charge on any atom is 0.256 e. The van der Waals surface area contributed by atoms with Gasteiger partial charge in [0.2, 0.25) is 5.91 Å². The second-order valence-electron chi connectivity index (χ2n) is 7.50. The van der Waals surface area contributed by atoms with Crippen molar-refractivity contribution in [2.75, 3.05) is 6.54 Å². The summed E-state index contributed by atoms with van der Waals surface area (Å²) >= 11 is 0. The monoisotopic (exact) mass is 346 g/mol. The minimum absolute atomic E-state index is 0.134. The normalized spacial score (nSPS) is 13.7. The topological polar surface area (TPSA) is 100 Å². The summed E-state index contributed by atoms with van der Waals surface area (Å²) in [6.45, 7) is 9.80. The van der Waals surface area contributed by atoms with Crippen molar-refractivity contribution in [2.24, 2.45) is 5.41 Å². The zero-order chi connectivity index (χ0) is 18.8. The van der Waals surface area contributed by atoms with E-state index in [2.05, 4.69) is 15.4 Å². The number of aliphatic hydroxyl groups is 1. The molecule has 25 heavy (non-hydrogen) atoms. The molecule has 2 aromatic rings. The molecule has 0 aliphatic carbocycles. The Hall–Kier alpha value is -2.41. The molecule has 0 aliphatic rings. The number of aromatic amines is 1. The van der Waals surface area contributed by atoms with Crippen molar-refractivity contribution in [1.82, 2.24) is 20.1 Å². The highest BCUT2D eigenvalue weighted by Gasteiger charge is 2.21. The standard InChI is InChI=1S/C18H26N4O3/c1-11(2)22-16-13(9-20-22)8-12(17(25)21-16)6-7-15(24)19-10-14(23)18(3,4)5/h6-9,11,14,23H,10H2,1-5H3,(H,19,24)(H,21,25)/b7-6+. The van der Waals surface area contributed by atoms with Gasteiger partial charge in [0.15, 0.2) is 0 Å². The number of aromatic nitrogens is 3. The Morgan fingerprint density at radius 1 is 1.44 bits per heavy atom. The summed E-state index contributed by atoms with van der Waals surface area (Å²) in [5.41, 5.74) is 0.446. The van der Waals surface area contributed by atoms with E-state index in [4.69, 9.17) is 0 Å². The Morgan fingerprint density at radius 2 is 2.12 bits per heavy atom. The van der Waals surface area contributed by atoms with Crippen LogP contribution in [-0.2, 0) is 4.79 Å². The molecule has 0 spiro atoms. The Labute approximate surface area is 146 Å². The van der Waals surface area contributed by atoms with Gasteiger partial charge in [0.1, 0.15) is 5.65 Å². The van der Waals surface area contributed by atoms with E-state index in [0.717, 1.165) is 5.39 Å². The second kappa shape index (κ2) is 7.23. The van der Waals surface area contributed by atoms with Crippen molar-refractivity contribution in [3.8, 4) is 0 Å². The van der Waals surface area contributed by atoms with Crippen LogP contribution in [0.15, 0.2) is 23.1 Å². The van der Waals surface area contributed by atoms with Gasteiger partial charge in [-0.2, -0.15) is 5.10 Å². The molecule has 1 atom stereocenters. The van der Waals surface area contributed by atoms with Gasteiger partial charge in [0, 0.05) is 29.6 Å². The summed E-state index contributed by atoms with van der Waals surface area (Å²) < 4.78 is 1.74. The van der Waals surface area contributed by atoms with Crippen LogP contribution in [0, 0.1) is 5.41 Å². The van der Waals surface area contributed by atoms with Crippen LogP contribution >= 0.6 is 0 Å². The molecular formula is C18H26N4O3. The van der Waals surface area contributed by atoms with Gasteiger partial charge in [-0.25, -0.2) is 4.68 Å². The number of fused-ring (bicyclic) bond motifs is 1. The SMILES string of the molecule is CC(C)n1ncc2cc(/C=C/C(=O)NCC(O)C(C)(C)C)c(=O)[nH]c21. The van der Waals surface area contributed by atoms with Gasteiger partial charge in [-0.3, -0.25) is 9.59 Å². The number of carbonyl (C=O) groups is 1. The van der Waals surface area contributed by atoms with Gasteiger partial charge in [-0.15, -0.1) is 0 Å². The molecule has 136 valence electrons. The summed E-state index contributed by atoms with van der Waals surface area (Å²) in [6.07, 6.45) is 3.79. The fourth-order valence-electron chi connectivity index (χ4n) is 2.27. The second-order valence-corrected chi connectivity index (χ2v) is 7.50. The number of hydrogen-bond acceptors (Lipinski definition) is 4. The molecule has 7 heteroatoms. The molecule has 7 nitrogen and oxygen atoms in total. The van der Waals surface area contributed by atoms with Gasteiger partial charge in [-0.05, 0) is 31.4 Å². The lowest BCUT2D eigenvalue weighted by Gasteiger charge is -2.25. The van der Waals surface area contributed by atoms with E-state index in [1.807, 2.05) is 34.6 Å². The Kier molecular flexibility index (Phi) is 5.47. The zero-order valence-corrected chi connectivity index (χ0v) is 15.3. The Bertz CT molecular complexity index is 840. The number of pyridine rings is 1. The van der Waals surface area contributed by atoms with Crippen molar-refractivity contribution < 1.29 is 9.90 Å². The van der Waals surface area contributed by atoms with E-state index < -0.39 is 6.10 Å². The van der Waals surface area contributed by atoms with E-state index in [-0.39, 0.29) is 29.5 Å². The summed E-state index contributed by atoms with van der Waals surface area (Å²) in [4.78, 5) is 26.9. The maximum absolute atomic E-state index is 12.2. The Balaban J connectivity index is 2.12. The summed E-state index contributed by atoms with van der Waals surface area (Å²) in [6, 6.07) is 1.84. The number of rotatable bonds is 5. The fraction of sp³-hybridized carbons (Fsp3) is 0.500. The molecule has 0 aliphatic heterocycles.